The molecule has 1 unspecified atom stereocenters. The van der Waals surface area contributed by atoms with Gasteiger partial charge in [0.1, 0.15) is 17.0 Å². The van der Waals surface area contributed by atoms with Crippen LogP contribution in [-0.2, 0) is 29.4 Å². The smallest absolute Gasteiger partial charge is 0.290 e. The molecule has 1 fully saturated rings. The average Bonchev–Trinajstić information content (AvgIpc) is 3.76. The number of nitriles is 1. The maximum atomic E-state index is 14.4. The Balaban J connectivity index is 1.45. The predicted molar refractivity (Wildman–Crippen MR) is 158 cm³/mol. The number of hydrogen-bond donors (Lipinski definition) is 0. The number of ketones is 1. The van der Waals surface area contributed by atoms with Gasteiger partial charge in [0, 0.05) is 26.1 Å². The summed E-state index contributed by atoms with van der Waals surface area (Å²) in [6, 6.07) is 7.26. The summed E-state index contributed by atoms with van der Waals surface area (Å²) in [5.41, 5.74) is 1.27. The first-order valence-electron chi connectivity index (χ1n) is 13.8. The molecule has 0 spiro atoms. The van der Waals surface area contributed by atoms with E-state index < -0.39 is 43.8 Å². The Morgan fingerprint density at radius 2 is 2.02 bits per heavy atom. The van der Waals surface area contributed by atoms with Crippen LogP contribution in [0.1, 0.15) is 51.6 Å². The van der Waals surface area contributed by atoms with E-state index in [0.717, 1.165) is 0 Å². The zero-order valence-electron chi connectivity index (χ0n) is 23.9. The zero-order chi connectivity index (χ0) is 32.1. The molecule has 3 heterocycles. The van der Waals surface area contributed by atoms with Crippen LogP contribution in [0.3, 0.4) is 0 Å². The van der Waals surface area contributed by atoms with E-state index in [1.807, 2.05) is 6.08 Å². The van der Waals surface area contributed by atoms with Gasteiger partial charge in [0.05, 0.1) is 45.0 Å². The Labute approximate surface area is 259 Å². The average molecular weight is 659 g/mol. The van der Waals surface area contributed by atoms with Crippen molar-refractivity contribution in [2.24, 2.45) is 12.5 Å². The van der Waals surface area contributed by atoms with E-state index in [0.29, 0.717) is 41.6 Å². The van der Waals surface area contributed by atoms with Crippen LogP contribution in [0, 0.1) is 22.6 Å². The SMILES string of the molecule is C=S(=O)(c1ncn(C)n1)N(CCC#N)[C@H]1CCC2=Cc3c(cnn3-c3ccc(F)cc3)C[C@]2(C(=O)c2ncc(C(F)(F)F)s2)C1. The highest BCUT2D eigenvalue weighted by molar-refractivity contribution is 7.98. The number of aromatic nitrogens is 6. The number of benzene rings is 1. The van der Waals surface area contributed by atoms with Crippen molar-refractivity contribution in [3.8, 4) is 11.8 Å². The first kappa shape index (κ1) is 30.8. The molecule has 45 heavy (non-hydrogen) atoms. The molecule has 1 saturated carbocycles. The van der Waals surface area contributed by atoms with Crippen molar-refractivity contribution >= 4 is 38.8 Å². The molecule has 0 radical (unpaired) electrons. The number of nitrogens with zero attached hydrogens (tertiary/aromatic N) is 8. The van der Waals surface area contributed by atoms with Crippen molar-refractivity contribution in [3.63, 3.8) is 0 Å². The zero-order valence-corrected chi connectivity index (χ0v) is 25.5. The maximum absolute atomic E-state index is 14.4. The Hall–Kier alpha value is -4.20. The van der Waals surface area contributed by atoms with Gasteiger partial charge in [-0.05, 0) is 67.5 Å². The van der Waals surface area contributed by atoms with Gasteiger partial charge in [0.15, 0.2) is 5.01 Å². The van der Waals surface area contributed by atoms with Crippen molar-refractivity contribution in [2.45, 2.75) is 49.5 Å². The second-order valence-corrected chi connectivity index (χ2v) is 14.2. The Morgan fingerprint density at radius 3 is 2.67 bits per heavy atom. The summed E-state index contributed by atoms with van der Waals surface area (Å²) in [5.74, 6) is 2.96. The van der Waals surface area contributed by atoms with Crippen molar-refractivity contribution in [3.05, 3.63) is 75.5 Å². The normalized spacial score (nSPS) is 21.0. The second-order valence-electron chi connectivity index (χ2n) is 11.0. The Morgan fingerprint density at radius 1 is 1.27 bits per heavy atom. The molecule has 0 N–H and O–H groups in total. The molecule has 2 aliphatic rings. The summed E-state index contributed by atoms with van der Waals surface area (Å²) in [6.45, 7) is 0.0499. The Kier molecular flexibility index (Phi) is 7.74. The monoisotopic (exact) mass is 658 g/mol. The summed E-state index contributed by atoms with van der Waals surface area (Å²) in [5, 5.41) is 17.8. The summed E-state index contributed by atoms with van der Waals surface area (Å²) in [4.78, 5) is 21.5. The number of carbonyl (C=O) groups is 1. The third kappa shape index (κ3) is 5.49. The summed E-state index contributed by atoms with van der Waals surface area (Å²) < 4.78 is 73.0. The van der Waals surface area contributed by atoms with Crippen molar-refractivity contribution < 1.29 is 26.6 Å². The molecule has 0 bridgehead atoms. The highest BCUT2D eigenvalue weighted by Crippen LogP contribution is 2.52. The van der Waals surface area contributed by atoms with Crippen LogP contribution in [0.5, 0.6) is 0 Å². The number of halogens is 4. The van der Waals surface area contributed by atoms with Gasteiger partial charge in [0.25, 0.3) is 0 Å². The standard InChI is InChI=1S/C29H26F4N8O2S2/c1-39-17-36-27(38-39)45(2,43)40(11-3-10-34)22-7-4-19-12-23-18(15-37-41(23)21-8-5-20(30)6-9-21)13-28(19,14-22)25(42)26-35-16-24(44-26)29(31,32)33/h5-6,8-9,12,15-17,22H,2-4,7,11,13-14H2,1H3/t22-,28-,45?/m0/s1. The molecule has 1 aromatic carbocycles. The molecule has 3 atom stereocenters. The van der Waals surface area contributed by atoms with Gasteiger partial charge < -0.3 is 0 Å². The van der Waals surface area contributed by atoms with Crippen molar-refractivity contribution in [1.29, 1.82) is 5.26 Å². The minimum absolute atomic E-state index is 0.00942. The van der Waals surface area contributed by atoms with Crippen molar-refractivity contribution in [2.75, 3.05) is 6.54 Å². The van der Waals surface area contributed by atoms with Crippen LogP contribution in [-0.4, -0.2) is 62.3 Å². The highest BCUT2D eigenvalue weighted by atomic mass is 32.2. The molecule has 234 valence electrons. The van der Waals surface area contributed by atoms with Crippen LogP contribution < -0.4 is 0 Å². The van der Waals surface area contributed by atoms with Gasteiger partial charge >= 0.3 is 6.18 Å². The number of rotatable bonds is 8. The minimum Gasteiger partial charge on any atom is -0.290 e. The lowest BCUT2D eigenvalue weighted by molar-refractivity contribution is -0.134. The molecule has 0 amide bonds. The molecule has 6 rings (SSSR count). The predicted octanol–water partition coefficient (Wildman–Crippen LogP) is 4.88. The summed E-state index contributed by atoms with van der Waals surface area (Å²) >= 11 is 0.288. The van der Waals surface area contributed by atoms with E-state index in [9.17, 15) is 31.8 Å². The van der Waals surface area contributed by atoms with Gasteiger partial charge in [0.2, 0.25) is 10.9 Å². The van der Waals surface area contributed by atoms with Gasteiger partial charge in [-0.25, -0.2) is 27.6 Å². The third-order valence-electron chi connectivity index (χ3n) is 8.21. The molecule has 2 aliphatic carbocycles. The van der Waals surface area contributed by atoms with Gasteiger partial charge in [-0.1, -0.05) is 5.57 Å². The van der Waals surface area contributed by atoms with E-state index in [4.69, 9.17) is 0 Å². The third-order valence-corrected chi connectivity index (χ3v) is 11.3. The number of allylic oxidation sites excluding steroid dienone is 1. The molecular formula is C29H26F4N8O2S2. The molecule has 0 saturated heterocycles. The van der Waals surface area contributed by atoms with Gasteiger partial charge in [-0.15, -0.1) is 16.4 Å². The maximum Gasteiger partial charge on any atom is 0.427 e. The molecule has 4 aromatic rings. The quantitative estimate of drug-likeness (QED) is 0.150. The lowest BCUT2D eigenvalue weighted by Gasteiger charge is -2.46. The Bertz CT molecular complexity index is 1950. The first-order valence-corrected chi connectivity index (χ1v) is 16.3. The molecule has 10 nitrogen and oxygen atoms in total. The fraction of sp³-hybridized carbons (Fsp3) is 0.345. The van der Waals surface area contributed by atoms with E-state index >= 15 is 0 Å². The van der Waals surface area contributed by atoms with Crippen LogP contribution in [0.2, 0.25) is 0 Å². The lowest BCUT2D eigenvalue weighted by Crippen LogP contribution is -2.51. The van der Waals surface area contributed by atoms with Gasteiger partial charge in [-0.3, -0.25) is 9.48 Å². The number of aryl methyl sites for hydroxylation is 1. The minimum atomic E-state index is -4.67. The number of hydrogen-bond acceptors (Lipinski definition) is 8. The van der Waals surface area contributed by atoms with E-state index in [2.05, 4.69) is 32.1 Å². The summed E-state index contributed by atoms with van der Waals surface area (Å²) in [6.07, 6.45) is 1.71. The number of fused-ring (bicyclic) bond motifs is 2. The highest BCUT2D eigenvalue weighted by Gasteiger charge is 2.52. The van der Waals surface area contributed by atoms with E-state index in [1.165, 1.54) is 23.1 Å². The first-order chi connectivity index (χ1) is 21.3. The molecule has 0 aliphatic heterocycles. The molecule has 16 heteroatoms. The van der Waals surface area contributed by atoms with Crippen LogP contribution in [0.4, 0.5) is 17.6 Å². The number of alkyl halides is 3. The van der Waals surface area contributed by atoms with Crippen molar-refractivity contribution in [1.82, 2.24) is 33.8 Å². The largest absolute Gasteiger partial charge is 0.427 e. The second kappa shape index (κ2) is 11.3. The number of Topliss-reactive ketones (excluding diaryl/α,β-unsaturated/α-hetero) is 1. The fourth-order valence-electron chi connectivity index (χ4n) is 6.13. The van der Waals surface area contributed by atoms with Crippen LogP contribution in [0.15, 0.2) is 53.7 Å². The lowest BCUT2D eigenvalue weighted by atomic mass is 9.61. The van der Waals surface area contributed by atoms with E-state index in [1.54, 1.807) is 34.4 Å². The molecular weight excluding hydrogens is 632 g/mol. The number of carbonyl (C=O) groups excluding carboxylic acids is 1. The topological polar surface area (TPSA) is 123 Å². The van der Waals surface area contributed by atoms with Crippen LogP contribution in [0.25, 0.3) is 11.8 Å². The van der Waals surface area contributed by atoms with E-state index in [-0.39, 0.29) is 47.3 Å². The fourth-order valence-corrected chi connectivity index (χ4v) is 8.68. The summed E-state index contributed by atoms with van der Waals surface area (Å²) in [7, 11) is -1.70. The number of thiazole rings is 1. The van der Waals surface area contributed by atoms with Gasteiger partial charge in [-0.2, -0.15) is 23.5 Å². The molecule has 3 aromatic heterocycles. The van der Waals surface area contributed by atoms with Crippen LogP contribution >= 0.6 is 11.3 Å².